The van der Waals surface area contributed by atoms with E-state index in [-0.39, 0.29) is 0 Å². The quantitative estimate of drug-likeness (QED) is 0.158. The summed E-state index contributed by atoms with van der Waals surface area (Å²) in [5.41, 5.74) is 17.2. The maximum absolute atomic E-state index is 5.35. The van der Waals surface area contributed by atoms with Gasteiger partial charge in [-0.15, -0.1) is 0 Å². The van der Waals surface area contributed by atoms with Gasteiger partial charge in [0.25, 0.3) is 0 Å². The molecule has 0 fully saturated rings. The second kappa shape index (κ2) is 14.8. The molecule has 3 nitrogen and oxygen atoms in total. The van der Waals surface area contributed by atoms with Gasteiger partial charge in [0.1, 0.15) is 5.82 Å². The predicted octanol–water partition coefficient (Wildman–Crippen LogP) is 15.6. The molecule has 3 heteroatoms. The molecule has 12 aromatic rings. The molecule has 0 aliphatic rings. The number of rotatable bonds is 7. The molecule has 62 heavy (non-hydrogen) atoms. The van der Waals surface area contributed by atoms with Crippen LogP contribution in [-0.2, 0) is 0 Å². The summed E-state index contributed by atoms with van der Waals surface area (Å²) in [5, 5.41) is 4.84. The van der Waals surface area contributed by atoms with Crippen LogP contribution in [0.5, 0.6) is 0 Å². The van der Waals surface area contributed by atoms with E-state index in [9.17, 15) is 0 Å². The van der Waals surface area contributed by atoms with Gasteiger partial charge in [-0.1, -0.05) is 170 Å². The smallest absolute Gasteiger partial charge is 0.138 e. The molecule has 0 bridgehead atoms. The third-order valence-electron chi connectivity index (χ3n) is 12.3. The van der Waals surface area contributed by atoms with Gasteiger partial charge in [-0.3, -0.25) is 4.57 Å². The zero-order valence-corrected chi connectivity index (χ0v) is 33.9. The van der Waals surface area contributed by atoms with Gasteiger partial charge in [-0.2, -0.15) is 0 Å². The molecule has 12 rings (SSSR count). The van der Waals surface area contributed by atoms with Gasteiger partial charge < -0.3 is 4.57 Å². The van der Waals surface area contributed by atoms with Crippen LogP contribution in [0.25, 0.3) is 111 Å². The highest BCUT2D eigenvalue weighted by Gasteiger charge is 2.19. The zero-order chi connectivity index (χ0) is 41.0. The van der Waals surface area contributed by atoms with Crippen molar-refractivity contribution < 1.29 is 0 Å². The Kier molecular flexibility index (Phi) is 8.50. The Morgan fingerprint density at radius 1 is 0.242 bits per heavy atom. The average Bonchev–Trinajstić information content (AvgIpc) is 3.87. The Balaban J connectivity index is 1.02. The Bertz CT molecular complexity index is 3250. The van der Waals surface area contributed by atoms with E-state index >= 15 is 0 Å². The van der Waals surface area contributed by atoms with E-state index in [2.05, 4.69) is 246 Å². The number of para-hydroxylation sites is 2. The van der Waals surface area contributed by atoms with Crippen molar-refractivity contribution >= 4 is 43.6 Å². The second-order valence-corrected chi connectivity index (χ2v) is 16.0. The zero-order valence-electron chi connectivity index (χ0n) is 33.9. The number of pyridine rings is 1. The van der Waals surface area contributed by atoms with Crippen LogP contribution in [0.4, 0.5) is 0 Å². The minimum Gasteiger partial charge on any atom is -0.309 e. The van der Waals surface area contributed by atoms with Crippen molar-refractivity contribution in [2.45, 2.75) is 0 Å². The first kappa shape index (κ1) is 35.7. The number of aromatic nitrogens is 3. The van der Waals surface area contributed by atoms with E-state index in [1.54, 1.807) is 0 Å². The third-order valence-corrected chi connectivity index (χ3v) is 12.3. The lowest BCUT2D eigenvalue weighted by molar-refractivity contribution is 1.08. The van der Waals surface area contributed by atoms with Gasteiger partial charge in [-0.05, 0) is 111 Å². The number of hydrogen-bond donors (Lipinski definition) is 0. The fourth-order valence-corrected chi connectivity index (χ4v) is 9.35. The summed E-state index contributed by atoms with van der Waals surface area (Å²) >= 11 is 0. The van der Waals surface area contributed by atoms with Crippen LogP contribution in [0, 0.1) is 0 Å². The van der Waals surface area contributed by atoms with Gasteiger partial charge in [0, 0.05) is 32.8 Å². The summed E-state index contributed by atoms with van der Waals surface area (Å²) in [4.78, 5) is 5.35. The third kappa shape index (κ3) is 6.10. The molecule has 0 amide bonds. The maximum Gasteiger partial charge on any atom is 0.138 e. The molecule has 290 valence electrons. The van der Waals surface area contributed by atoms with Crippen molar-refractivity contribution in [2.24, 2.45) is 0 Å². The van der Waals surface area contributed by atoms with E-state index in [0.717, 1.165) is 44.9 Å². The van der Waals surface area contributed by atoms with Crippen LogP contribution in [0.3, 0.4) is 0 Å². The van der Waals surface area contributed by atoms with E-state index in [0.29, 0.717) is 0 Å². The largest absolute Gasteiger partial charge is 0.309 e. The topological polar surface area (TPSA) is 22.8 Å². The lowest BCUT2D eigenvalue weighted by Gasteiger charge is -2.14. The molecule has 0 saturated heterocycles. The van der Waals surface area contributed by atoms with Crippen molar-refractivity contribution in [1.29, 1.82) is 0 Å². The number of hydrogen-bond acceptors (Lipinski definition) is 1. The summed E-state index contributed by atoms with van der Waals surface area (Å²) in [6, 6.07) is 85.3. The molecule has 0 unspecified atom stereocenters. The molecular formula is C59H39N3. The minimum atomic E-state index is 0.894. The minimum absolute atomic E-state index is 0.894. The summed E-state index contributed by atoms with van der Waals surface area (Å²) < 4.78 is 4.77. The fraction of sp³-hybridized carbons (Fsp3) is 0. The Morgan fingerprint density at radius 2 is 0.645 bits per heavy atom. The van der Waals surface area contributed by atoms with Crippen LogP contribution in [0.15, 0.2) is 237 Å². The molecular weight excluding hydrogens is 751 g/mol. The van der Waals surface area contributed by atoms with Crippen molar-refractivity contribution in [3.8, 4) is 67.3 Å². The highest BCUT2D eigenvalue weighted by molar-refractivity contribution is 6.13. The lowest BCUT2D eigenvalue weighted by atomic mass is 9.98. The predicted molar refractivity (Wildman–Crippen MR) is 260 cm³/mol. The molecule has 0 saturated carbocycles. The molecule has 0 atom stereocenters. The van der Waals surface area contributed by atoms with Crippen molar-refractivity contribution in [2.75, 3.05) is 0 Å². The maximum atomic E-state index is 5.35. The van der Waals surface area contributed by atoms with Crippen LogP contribution in [0.2, 0.25) is 0 Å². The lowest BCUT2D eigenvalue weighted by Crippen LogP contribution is -2.00. The first-order chi connectivity index (χ1) is 30.7. The van der Waals surface area contributed by atoms with Gasteiger partial charge in [0.05, 0.1) is 27.8 Å². The molecule has 0 spiro atoms. The number of nitrogens with zero attached hydrogens (tertiary/aromatic N) is 3. The SMILES string of the molecule is c1ccc(-c2cc(-c3ccccc3)cc(-n3c4ccccc4c4cc(-c5ccc6c(c5)c5ccccc5n6-c5cc(-c6ccccc6)cc(-c6ccccc6)n5)ccc43)c2)cc1. The Hall–Kier alpha value is -8.27. The van der Waals surface area contributed by atoms with Crippen molar-refractivity contribution in [3.05, 3.63) is 237 Å². The summed E-state index contributed by atoms with van der Waals surface area (Å²) in [6.45, 7) is 0. The first-order valence-electron chi connectivity index (χ1n) is 21.2. The molecule has 0 aliphatic heterocycles. The highest BCUT2D eigenvalue weighted by atomic mass is 15.1. The van der Waals surface area contributed by atoms with Crippen LogP contribution < -0.4 is 0 Å². The molecule has 9 aromatic carbocycles. The van der Waals surface area contributed by atoms with E-state index < -0.39 is 0 Å². The normalized spacial score (nSPS) is 11.5. The van der Waals surface area contributed by atoms with Gasteiger partial charge in [-0.25, -0.2) is 4.98 Å². The van der Waals surface area contributed by atoms with Crippen LogP contribution in [-0.4, -0.2) is 14.1 Å². The summed E-state index contributed by atoms with van der Waals surface area (Å²) in [6.07, 6.45) is 0. The molecule has 0 radical (unpaired) electrons. The van der Waals surface area contributed by atoms with Gasteiger partial charge in [0.15, 0.2) is 0 Å². The van der Waals surface area contributed by atoms with Crippen molar-refractivity contribution in [3.63, 3.8) is 0 Å². The summed E-state index contributed by atoms with van der Waals surface area (Å²) in [5.74, 6) is 0.894. The van der Waals surface area contributed by atoms with E-state index in [1.165, 1.54) is 66.0 Å². The molecule has 0 aliphatic carbocycles. The monoisotopic (exact) mass is 789 g/mol. The van der Waals surface area contributed by atoms with Gasteiger partial charge in [0.2, 0.25) is 0 Å². The molecule has 3 heterocycles. The van der Waals surface area contributed by atoms with Gasteiger partial charge >= 0.3 is 0 Å². The number of fused-ring (bicyclic) bond motifs is 6. The van der Waals surface area contributed by atoms with E-state index in [4.69, 9.17) is 4.98 Å². The second-order valence-electron chi connectivity index (χ2n) is 16.0. The first-order valence-corrected chi connectivity index (χ1v) is 21.2. The summed E-state index contributed by atoms with van der Waals surface area (Å²) in [7, 11) is 0. The standard InChI is InChI=1S/C59H39N3/c1-5-17-40(18-6-1)46-33-47(41-19-7-2-8-20-41)35-49(34-46)61-55-27-15-13-25-50(55)52-36-44(29-31-57(52)61)45-30-32-58-53(37-45)51-26-14-16-28-56(51)62(58)59-39-48(42-21-9-3-10-22-42)38-54(60-59)43-23-11-4-12-24-43/h1-39H. The molecule has 0 N–H and O–H groups in total. The number of benzene rings is 9. The van der Waals surface area contributed by atoms with Crippen LogP contribution >= 0.6 is 0 Å². The van der Waals surface area contributed by atoms with Crippen molar-refractivity contribution in [1.82, 2.24) is 14.1 Å². The highest BCUT2D eigenvalue weighted by Crippen LogP contribution is 2.40. The Labute approximate surface area is 360 Å². The Morgan fingerprint density at radius 3 is 1.16 bits per heavy atom. The van der Waals surface area contributed by atoms with Crippen LogP contribution in [0.1, 0.15) is 0 Å². The fourth-order valence-electron chi connectivity index (χ4n) is 9.35. The van der Waals surface area contributed by atoms with E-state index in [1.807, 2.05) is 0 Å². The molecule has 3 aromatic heterocycles. The average molecular weight is 790 g/mol.